The standard InChI is InChI=1S/C15H26N8O/c1-5-7-18-12(19-8-6-9-24-4)11(10-16)13-20-14(17)22-15(21-13)23(2)3/h11H,5-9H2,1-4H3,(H,18,19)(H2,17,20,21,22)/t11-/m1/s1. The molecule has 0 saturated carbocycles. The molecule has 24 heavy (non-hydrogen) atoms. The number of hydrogen-bond donors (Lipinski definition) is 2. The smallest absolute Gasteiger partial charge is 0.229 e. The second-order valence-electron chi connectivity index (χ2n) is 5.35. The van der Waals surface area contributed by atoms with Crippen LogP contribution >= 0.6 is 0 Å². The first-order chi connectivity index (χ1) is 11.5. The lowest BCUT2D eigenvalue weighted by molar-refractivity contribution is 0.195. The largest absolute Gasteiger partial charge is 0.385 e. The van der Waals surface area contributed by atoms with Gasteiger partial charge in [0.25, 0.3) is 0 Å². The molecular formula is C15H26N8O. The molecule has 3 N–H and O–H groups in total. The summed E-state index contributed by atoms with van der Waals surface area (Å²) in [6.45, 7) is 3.93. The van der Waals surface area contributed by atoms with Gasteiger partial charge in [-0.15, -0.1) is 0 Å². The van der Waals surface area contributed by atoms with Gasteiger partial charge in [0.1, 0.15) is 5.84 Å². The summed E-state index contributed by atoms with van der Waals surface area (Å²) < 4.78 is 5.03. The molecule has 0 unspecified atom stereocenters. The van der Waals surface area contributed by atoms with Crippen molar-refractivity contribution in [2.24, 2.45) is 4.99 Å². The van der Waals surface area contributed by atoms with E-state index in [0.29, 0.717) is 37.3 Å². The minimum atomic E-state index is -0.719. The Hall–Kier alpha value is -2.47. The Labute approximate surface area is 143 Å². The summed E-state index contributed by atoms with van der Waals surface area (Å²) in [5.74, 6) is 0.613. The molecule has 9 nitrogen and oxygen atoms in total. The van der Waals surface area contributed by atoms with Gasteiger partial charge in [0.15, 0.2) is 11.7 Å². The summed E-state index contributed by atoms with van der Waals surface area (Å²) >= 11 is 0. The first-order valence-corrected chi connectivity index (χ1v) is 7.89. The van der Waals surface area contributed by atoms with Gasteiger partial charge in [-0.05, 0) is 12.8 Å². The van der Waals surface area contributed by atoms with Crippen LogP contribution in [0.25, 0.3) is 0 Å². The lowest BCUT2D eigenvalue weighted by atomic mass is 10.1. The Morgan fingerprint density at radius 1 is 1.42 bits per heavy atom. The van der Waals surface area contributed by atoms with Gasteiger partial charge in [-0.3, -0.25) is 4.99 Å². The molecular weight excluding hydrogens is 308 g/mol. The minimum Gasteiger partial charge on any atom is -0.385 e. The molecule has 0 fully saturated rings. The number of methoxy groups -OCH3 is 1. The number of aromatic nitrogens is 3. The number of ether oxygens (including phenoxy) is 1. The molecule has 1 aromatic rings. The number of nitrogens with two attached hydrogens (primary N) is 1. The van der Waals surface area contributed by atoms with Crippen LogP contribution in [0, 0.1) is 11.3 Å². The van der Waals surface area contributed by atoms with E-state index < -0.39 is 5.92 Å². The number of nitrogens with one attached hydrogen (secondary N) is 1. The predicted octanol–water partition coefficient (Wildman–Crippen LogP) is 0.562. The molecule has 0 spiro atoms. The number of nitrogens with zero attached hydrogens (tertiary/aromatic N) is 6. The van der Waals surface area contributed by atoms with Crippen LogP contribution in [0.15, 0.2) is 4.99 Å². The second kappa shape index (κ2) is 10.3. The van der Waals surface area contributed by atoms with Crippen molar-refractivity contribution < 1.29 is 4.74 Å². The van der Waals surface area contributed by atoms with Crippen molar-refractivity contribution in [1.82, 2.24) is 20.3 Å². The topological polar surface area (TPSA) is 125 Å². The summed E-state index contributed by atoms with van der Waals surface area (Å²) in [5.41, 5.74) is 5.75. The maximum absolute atomic E-state index is 9.62. The summed E-state index contributed by atoms with van der Waals surface area (Å²) in [7, 11) is 5.25. The van der Waals surface area contributed by atoms with Gasteiger partial charge < -0.3 is 20.7 Å². The summed E-state index contributed by atoms with van der Waals surface area (Å²) in [6, 6.07) is 2.21. The monoisotopic (exact) mass is 334 g/mol. The molecule has 0 saturated heterocycles. The number of hydrogen-bond acceptors (Lipinski definition) is 8. The van der Waals surface area contributed by atoms with Gasteiger partial charge in [0.2, 0.25) is 11.9 Å². The lowest BCUT2D eigenvalue weighted by Crippen LogP contribution is -2.32. The normalized spacial score (nSPS) is 12.5. The van der Waals surface area contributed by atoms with E-state index in [4.69, 9.17) is 10.5 Å². The highest BCUT2D eigenvalue weighted by atomic mass is 16.5. The third kappa shape index (κ3) is 5.96. The number of nitrogen functional groups attached to an aromatic ring is 1. The van der Waals surface area contributed by atoms with E-state index in [1.807, 2.05) is 6.92 Å². The highest BCUT2D eigenvalue weighted by molar-refractivity contribution is 5.90. The Balaban J connectivity index is 3.06. The highest BCUT2D eigenvalue weighted by Gasteiger charge is 2.23. The van der Waals surface area contributed by atoms with Crippen molar-refractivity contribution in [3.63, 3.8) is 0 Å². The van der Waals surface area contributed by atoms with Gasteiger partial charge in [-0.25, -0.2) is 0 Å². The van der Waals surface area contributed by atoms with Crippen molar-refractivity contribution in [2.45, 2.75) is 25.7 Å². The van der Waals surface area contributed by atoms with Gasteiger partial charge in [-0.2, -0.15) is 20.2 Å². The van der Waals surface area contributed by atoms with Crippen molar-refractivity contribution in [3.8, 4) is 6.07 Å². The molecule has 9 heteroatoms. The maximum Gasteiger partial charge on any atom is 0.229 e. The van der Waals surface area contributed by atoms with Crippen LogP contribution in [0.5, 0.6) is 0 Å². The zero-order valence-corrected chi connectivity index (χ0v) is 14.8. The molecule has 0 aromatic carbocycles. The zero-order valence-electron chi connectivity index (χ0n) is 14.8. The zero-order chi connectivity index (χ0) is 17.9. The molecule has 0 aliphatic rings. The Kier molecular flexibility index (Phi) is 8.43. The van der Waals surface area contributed by atoms with Crippen LogP contribution in [-0.4, -0.2) is 61.7 Å². The van der Waals surface area contributed by atoms with Gasteiger partial charge in [0, 0.05) is 40.9 Å². The molecule has 1 heterocycles. The first-order valence-electron chi connectivity index (χ1n) is 7.89. The third-order valence-electron chi connectivity index (χ3n) is 3.06. The maximum atomic E-state index is 9.62. The fourth-order valence-electron chi connectivity index (χ4n) is 1.88. The minimum absolute atomic E-state index is 0.0816. The van der Waals surface area contributed by atoms with Crippen molar-refractivity contribution in [1.29, 1.82) is 5.26 Å². The molecule has 0 radical (unpaired) electrons. The lowest BCUT2D eigenvalue weighted by Gasteiger charge is -2.16. The van der Waals surface area contributed by atoms with Crippen LogP contribution < -0.4 is 16.0 Å². The van der Waals surface area contributed by atoms with Gasteiger partial charge in [-0.1, -0.05) is 6.92 Å². The number of anilines is 2. The van der Waals surface area contributed by atoms with Crippen molar-refractivity contribution in [2.75, 3.05) is 51.5 Å². The van der Waals surface area contributed by atoms with E-state index in [1.165, 1.54) is 0 Å². The van der Waals surface area contributed by atoms with E-state index in [2.05, 4.69) is 31.3 Å². The van der Waals surface area contributed by atoms with Gasteiger partial charge in [0.05, 0.1) is 6.07 Å². The first kappa shape index (κ1) is 19.6. The van der Waals surface area contributed by atoms with E-state index in [0.717, 1.165) is 12.8 Å². The van der Waals surface area contributed by atoms with Gasteiger partial charge >= 0.3 is 0 Å². The predicted molar refractivity (Wildman–Crippen MR) is 94.0 cm³/mol. The molecule has 1 atom stereocenters. The Morgan fingerprint density at radius 2 is 2.17 bits per heavy atom. The van der Waals surface area contributed by atoms with E-state index in [1.54, 1.807) is 26.1 Å². The molecule has 0 amide bonds. The molecule has 0 aliphatic carbocycles. The molecule has 132 valence electrons. The molecule has 1 aromatic heterocycles. The molecule has 1 rings (SSSR count). The number of amidine groups is 1. The summed E-state index contributed by atoms with van der Waals surface area (Å²) in [5, 5.41) is 12.8. The quantitative estimate of drug-likeness (QED) is 0.381. The van der Waals surface area contributed by atoms with E-state index in [-0.39, 0.29) is 5.95 Å². The SMILES string of the molecule is CCCN=C(NCCCOC)[C@@H](C#N)c1nc(N)nc(N(C)C)n1. The third-order valence-corrected chi connectivity index (χ3v) is 3.06. The fourth-order valence-corrected chi connectivity index (χ4v) is 1.88. The molecule has 0 bridgehead atoms. The van der Waals surface area contributed by atoms with Crippen molar-refractivity contribution in [3.05, 3.63) is 5.82 Å². The Bertz CT molecular complexity index is 581. The highest BCUT2D eigenvalue weighted by Crippen LogP contribution is 2.16. The van der Waals surface area contributed by atoms with Crippen LogP contribution in [0.2, 0.25) is 0 Å². The average Bonchev–Trinajstić information content (AvgIpc) is 2.55. The van der Waals surface area contributed by atoms with Crippen LogP contribution in [0.4, 0.5) is 11.9 Å². The second-order valence-corrected chi connectivity index (χ2v) is 5.35. The van der Waals surface area contributed by atoms with Crippen molar-refractivity contribution >= 4 is 17.7 Å². The van der Waals surface area contributed by atoms with Crippen LogP contribution in [-0.2, 0) is 4.74 Å². The Morgan fingerprint density at radius 3 is 2.75 bits per heavy atom. The number of rotatable bonds is 9. The van der Waals surface area contributed by atoms with Crippen LogP contribution in [0.3, 0.4) is 0 Å². The average molecular weight is 334 g/mol. The summed E-state index contributed by atoms with van der Waals surface area (Å²) in [6.07, 6.45) is 1.69. The van der Waals surface area contributed by atoms with E-state index in [9.17, 15) is 5.26 Å². The number of nitriles is 1. The molecule has 0 aliphatic heterocycles. The summed E-state index contributed by atoms with van der Waals surface area (Å²) in [4.78, 5) is 18.7. The fraction of sp³-hybridized carbons (Fsp3) is 0.667. The van der Waals surface area contributed by atoms with Crippen LogP contribution in [0.1, 0.15) is 31.5 Å². The van der Waals surface area contributed by atoms with E-state index >= 15 is 0 Å². The number of aliphatic imine (C=N–C) groups is 1.